The topological polar surface area (TPSA) is 69.1 Å². The Morgan fingerprint density at radius 3 is 2.00 bits per heavy atom. The van der Waals surface area contributed by atoms with E-state index in [4.69, 9.17) is 11.5 Å². The highest BCUT2D eigenvalue weighted by molar-refractivity contribution is 5.85. The Labute approximate surface area is 60.2 Å². The van der Waals surface area contributed by atoms with Gasteiger partial charge in [-0.2, -0.15) is 0 Å². The summed E-state index contributed by atoms with van der Waals surface area (Å²) in [4.78, 5) is 10.3. The lowest BCUT2D eigenvalue weighted by atomic mass is 9.80. The van der Waals surface area contributed by atoms with E-state index in [1.54, 1.807) is 0 Å². The first-order valence-electron chi connectivity index (χ1n) is 2.75. The molecule has 9 heavy (non-hydrogen) atoms. The van der Waals surface area contributed by atoms with Crippen molar-refractivity contribution in [3.8, 4) is 0 Å². The van der Waals surface area contributed by atoms with E-state index in [2.05, 4.69) is 0 Å². The predicted molar refractivity (Wildman–Crippen MR) is 37.1 cm³/mol. The molecule has 1 aliphatic rings. The smallest absolute Gasteiger partial charge is 0.220 e. The van der Waals surface area contributed by atoms with Crippen molar-refractivity contribution in [2.24, 2.45) is 17.4 Å². The highest BCUT2D eigenvalue weighted by Gasteiger charge is 2.29. The summed E-state index contributed by atoms with van der Waals surface area (Å²) in [6.45, 7) is 0. The summed E-state index contributed by atoms with van der Waals surface area (Å²) in [5.74, 6) is -0.128. The van der Waals surface area contributed by atoms with Crippen LogP contribution < -0.4 is 11.5 Å². The van der Waals surface area contributed by atoms with Crippen molar-refractivity contribution in [1.29, 1.82) is 0 Å². The van der Waals surface area contributed by atoms with Crippen molar-refractivity contribution in [2.75, 3.05) is 0 Å². The average molecular weight is 151 g/mol. The van der Waals surface area contributed by atoms with E-state index in [1.807, 2.05) is 0 Å². The molecule has 1 rings (SSSR count). The van der Waals surface area contributed by atoms with Gasteiger partial charge in [0.2, 0.25) is 5.91 Å². The molecule has 4 heteroatoms. The van der Waals surface area contributed by atoms with Gasteiger partial charge in [0.1, 0.15) is 0 Å². The Morgan fingerprint density at radius 1 is 1.44 bits per heavy atom. The van der Waals surface area contributed by atoms with Crippen LogP contribution in [0.25, 0.3) is 0 Å². The molecule has 0 radical (unpaired) electrons. The molecule has 1 amide bonds. The third-order valence-electron chi connectivity index (χ3n) is 1.58. The molecular formula is C5H11ClN2O. The third-order valence-corrected chi connectivity index (χ3v) is 1.58. The maximum atomic E-state index is 10.3. The van der Waals surface area contributed by atoms with Gasteiger partial charge in [0, 0.05) is 12.0 Å². The van der Waals surface area contributed by atoms with E-state index in [1.165, 1.54) is 0 Å². The van der Waals surface area contributed by atoms with Crippen LogP contribution in [0.1, 0.15) is 12.8 Å². The zero-order valence-corrected chi connectivity index (χ0v) is 5.86. The minimum Gasteiger partial charge on any atom is -0.369 e. The summed E-state index contributed by atoms with van der Waals surface area (Å²) in [5, 5.41) is 0. The summed E-state index contributed by atoms with van der Waals surface area (Å²) >= 11 is 0. The lowest BCUT2D eigenvalue weighted by molar-refractivity contribution is -0.124. The fraction of sp³-hybridized carbons (Fsp3) is 0.800. The van der Waals surface area contributed by atoms with Gasteiger partial charge in [-0.3, -0.25) is 4.79 Å². The minimum atomic E-state index is -0.202. The fourth-order valence-corrected chi connectivity index (χ4v) is 0.894. The maximum Gasteiger partial charge on any atom is 0.220 e. The second kappa shape index (κ2) is 3.03. The lowest BCUT2D eigenvalue weighted by Crippen LogP contribution is -2.42. The monoisotopic (exact) mass is 150 g/mol. The van der Waals surface area contributed by atoms with Crippen molar-refractivity contribution < 1.29 is 4.79 Å². The molecule has 0 unspecified atom stereocenters. The number of halogens is 1. The van der Waals surface area contributed by atoms with Crippen molar-refractivity contribution in [3.05, 3.63) is 0 Å². The van der Waals surface area contributed by atoms with Crippen LogP contribution in [0, 0.1) is 5.92 Å². The van der Waals surface area contributed by atoms with Crippen molar-refractivity contribution in [1.82, 2.24) is 0 Å². The van der Waals surface area contributed by atoms with Crippen molar-refractivity contribution in [3.63, 3.8) is 0 Å². The summed E-state index contributed by atoms with van der Waals surface area (Å²) in [7, 11) is 0. The van der Waals surface area contributed by atoms with Crippen molar-refractivity contribution in [2.45, 2.75) is 18.9 Å². The van der Waals surface area contributed by atoms with E-state index in [-0.39, 0.29) is 30.3 Å². The third kappa shape index (κ3) is 1.84. The van der Waals surface area contributed by atoms with Crippen LogP contribution in [0.3, 0.4) is 0 Å². The van der Waals surface area contributed by atoms with Gasteiger partial charge in [-0.25, -0.2) is 0 Å². The molecule has 0 atom stereocenters. The molecule has 4 N–H and O–H groups in total. The van der Waals surface area contributed by atoms with Gasteiger partial charge in [-0.05, 0) is 12.8 Å². The van der Waals surface area contributed by atoms with E-state index in [0.29, 0.717) is 0 Å². The van der Waals surface area contributed by atoms with Crippen LogP contribution in [0.2, 0.25) is 0 Å². The molecule has 54 valence electrons. The van der Waals surface area contributed by atoms with E-state index in [0.717, 1.165) is 12.8 Å². The van der Waals surface area contributed by atoms with E-state index in [9.17, 15) is 4.79 Å². The van der Waals surface area contributed by atoms with Crippen LogP contribution in [-0.2, 0) is 4.79 Å². The van der Waals surface area contributed by atoms with Gasteiger partial charge in [-0.15, -0.1) is 12.4 Å². The molecular weight excluding hydrogens is 140 g/mol. The first kappa shape index (κ1) is 8.72. The highest BCUT2D eigenvalue weighted by Crippen LogP contribution is 2.24. The zero-order chi connectivity index (χ0) is 6.15. The highest BCUT2D eigenvalue weighted by atomic mass is 35.5. The molecule has 0 aromatic carbocycles. The molecule has 1 aliphatic carbocycles. The number of hydrogen-bond acceptors (Lipinski definition) is 2. The number of nitrogens with two attached hydrogens (primary N) is 2. The molecule has 0 aromatic rings. The molecule has 1 saturated carbocycles. The number of rotatable bonds is 1. The summed E-state index contributed by atoms with van der Waals surface area (Å²) in [6.07, 6.45) is 1.57. The first-order valence-corrected chi connectivity index (χ1v) is 2.75. The molecule has 0 heterocycles. The van der Waals surface area contributed by atoms with Gasteiger partial charge in [-0.1, -0.05) is 0 Å². The van der Waals surface area contributed by atoms with Gasteiger partial charge < -0.3 is 11.5 Å². The maximum absolute atomic E-state index is 10.3. The number of primary amides is 1. The Hall–Kier alpha value is -0.280. The number of carbonyl (C=O) groups excluding carboxylic acids is 1. The van der Waals surface area contributed by atoms with Crippen LogP contribution in [0.4, 0.5) is 0 Å². The van der Waals surface area contributed by atoms with Gasteiger partial charge >= 0.3 is 0 Å². The summed E-state index contributed by atoms with van der Waals surface area (Å²) in [6, 6.07) is 0.229. The number of carbonyl (C=O) groups is 1. The van der Waals surface area contributed by atoms with E-state index < -0.39 is 0 Å². The minimum absolute atomic E-state index is 0. The summed E-state index contributed by atoms with van der Waals surface area (Å²) < 4.78 is 0. The predicted octanol–water partition coefficient (Wildman–Crippen LogP) is -0.369. The van der Waals surface area contributed by atoms with Gasteiger partial charge in [0.05, 0.1) is 0 Å². The standard InChI is InChI=1S/C5H10N2O.ClH/c6-4-1-3(2-4)5(7)8;/h3-4H,1-2,6H2,(H2,7,8);1H. The van der Waals surface area contributed by atoms with Crippen LogP contribution in [0.15, 0.2) is 0 Å². The number of hydrogen-bond donors (Lipinski definition) is 2. The quantitative estimate of drug-likeness (QED) is 0.536. The van der Waals surface area contributed by atoms with Crippen LogP contribution in [0.5, 0.6) is 0 Å². The Bertz CT molecular complexity index is 112. The largest absolute Gasteiger partial charge is 0.369 e. The van der Waals surface area contributed by atoms with Crippen molar-refractivity contribution >= 4 is 18.3 Å². The Balaban J connectivity index is 0.000000640. The molecule has 0 aliphatic heterocycles. The van der Waals surface area contributed by atoms with Crippen LogP contribution >= 0.6 is 12.4 Å². The van der Waals surface area contributed by atoms with Crippen LogP contribution in [-0.4, -0.2) is 11.9 Å². The van der Waals surface area contributed by atoms with E-state index >= 15 is 0 Å². The molecule has 3 nitrogen and oxygen atoms in total. The SMILES string of the molecule is Cl.NC(=O)C1CC(N)C1. The number of amides is 1. The van der Waals surface area contributed by atoms with Gasteiger partial charge in [0.15, 0.2) is 0 Å². The molecule has 1 fully saturated rings. The summed E-state index contributed by atoms with van der Waals surface area (Å²) in [5.41, 5.74) is 10.4. The average Bonchev–Trinajstić information content (AvgIpc) is 1.57. The Kier molecular flexibility index (Phi) is 2.94. The molecule has 0 aromatic heterocycles. The normalized spacial score (nSPS) is 32.1. The lowest BCUT2D eigenvalue weighted by Gasteiger charge is -2.29. The molecule has 0 spiro atoms. The zero-order valence-electron chi connectivity index (χ0n) is 5.04. The van der Waals surface area contributed by atoms with Gasteiger partial charge in [0.25, 0.3) is 0 Å². The Morgan fingerprint density at radius 2 is 1.89 bits per heavy atom. The molecule has 0 bridgehead atoms. The first-order chi connectivity index (χ1) is 3.70. The molecule has 0 saturated heterocycles. The second-order valence-electron chi connectivity index (χ2n) is 2.33. The second-order valence-corrected chi connectivity index (χ2v) is 2.33. The fourth-order valence-electron chi connectivity index (χ4n) is 0.894.